The zero-order chi connectivity index (χ0) is 13.1. The summed E-state index contributed by atoms with van der Waals surface area (Å²) in [5.74, 6) is -0.520. The highest BCUT2D eigenvalue weighted by Gasteiger charge is 2.37. The van der Waals surface area contributed by atoms with E-state index < -0.39 is 0 Å². The van der Waals surface area contributed by atoms with Crippen molar-refractivity contribution >= 4 is 11.8 Å². The number of hydrogen-bond donors (Lipinski definition) is 0. The molecule has 0 radical (unpaired) electrons. The first-order valence-corrected chi connectivity index (χ1v) is 5.70. The van der Waals surface area contributed by atoms with Gasteiger partial charge < -0.3 is 9.47 Å². The molecule has 0 saturated carbocycles. The summed E-state index contributed by atoms with van der Waals surface area (Å²) in [7, 11) is 1.52. The summed E-state index contributed by atoms with van der Waals surface area (Å²) in [5.41, 5.74) is 0.919. The molecule has 1 heterocycles. The molecule has 5 nitrogen and oxygen atoms in total. The summed E-state index contributed by atoms with van der Waals surface area (Å²) in [6, 6.07) is 6.52. The smallest absolute Gasteiger partial charge is 0.261 e. The molecule has 1 aromatic rings. The Labute approximate surface area is 105 Å². The lowest BCUT2D eigenvalue weighted by Crippen LogP contribution is -2.40. The Kier molecular flexibility index (Phi) is 3.74. The maximum atomic E-state index is 12.1. The SMILES string of the molecule is COCOC[C@H](C)N1C(=O)c2ccccc2C1=O. The van der Waals surface area contributed by atoms with Crippen molar-refractivity contribution in [1.29, 1.82) is 0 Å². The molecule has 5 heteroatoms. The average Bonchev–Trinajstić information content (AvgIpc) is 2.63. The van der Waals surface area contributed by atoms with Crippen LogP contribution >= 0.6 is 0 Å². The molecular weight excluding hydrogens is 234 g/mol. The molecule has 1 atom stereocenters. The highest BCUT2D eigenvalue weighted by Crippen LogP contribution is 2.24. The number of hydrogen-bond acceptors (Lipinski definition) is 4. The van der Waals surface area contributed by atoms with Gasteiger partial charge in [0.05, 0.1) is 23.8 Å². The number of rotatable bonds is 5. The van der Waals surface area contributed by atoms with E-state index in [0.717, 1.165) is 0 Å². The number of amides is 2. The normalized spacial score (nSPS) is 16.0. The van der Waals surface area contributed by atoms with Gasteiger partial charge in [0.2, 0.25) is 0 Å². The Balaban J connectivity index is 2.13. The number of ether oxygens (including phenoxy) is 2. The molecule has 0 unspecified atom stereocenters. The Morgan fingerprint density at radius 1 is 1.17 bits per heavy atom. The van der Waals surface area contributed by atoms with Gasteiger partial charge in [-0.25, -0.2) is 0 Å². The van der Waals surface area contributed by atoms with Crippen molar-refractivity contribution in [3.63, 3.8) is 0 Å². The van der Waals surface area contributed by atoms with Gasteiger partial charge in [0.1, 0.15) is 6.79 Å². The quantitative estimate of drug-likeness (QED) is 0.448. The summed E-state index contributed by atoms with van der Waals surface area (Å²) >= 11 is 0. The van der Waals surface area contributed by atoms with Crippen LogP contribution in [0.2, 0.25) is 0 Å². The fourth-order valence-electron chi connectivity index (χ4n) is 1.98. The zero-order valence-electron chi connectivity index (χ0n) is 10.4. The second-order valence-corrected chi connectivity index (χ2v) is 4.15. The van der Waals surface area contributed by atoms with Crippen molar-refractivity contribution in [3.8, 4) is 0 Å². The maximum absolute atomic E-state index is 12.1. The summed E-state index contributed by atoms with van der Waals surface area (Å²) in [6.07, 6.45) is 0. The molecule has 0 aromatic heterocycles. The Bertz CT molecular complexity index is 437. The lowest BCUT2D eigenvalue weighted by Gasteiger charge is -2.22. The summed E-state index contributed by atoms with van der Waals surface area (Å²) in [5, 5.41) is 0. The number of imide groups is 1. The number of benzene rings is 1. The summed E-state index contributed by atoms with van der Waals surface area (Å²) in [4.78, 5) is 25.4. The number of carbonyl (C=O) groups excluding carboxylic acids is 2. The van der Waals surface area contributed by atoms with E-state index in [-0.39, 0.29) is 31.3 Å². The van der Waals surface area contributed by atoms with E-state index in [9.17, 15) is 9.59 Å². The van der Waals surface area contributed by atoms with E-state index >= 15 is 0 Å². The third-order valence-corrected chi connectivity index (χ3v) is 2.83. The van der Waals surface area contributed by atoms with Crippen LogP contribution in [0.5, 0.6) is 0 Å². The van der Waals surface area contributed by atoms with E-state index in [2.05, 4.69) is 0 Å². The van der Waals surface area contributed by atoms with Gasteiger partial charge in [0.15, 0.2) is 0 Å². The molecule has 0 spiro atoms. The number of carbonyl (C=O) groups is 2. The standard InChI is InChI=1S/C13H15NO4/c1-9(7-18-8-17-2)14-12(15)10-5-3-4-6-11(10)13(14)16/h3-6,9H,7-8H2,1-2H3/t9-/m0/s1. The van der Waals surface area contributed by atoms with Gasteiger partial charge in [-0.05, 0) is 19.1 Å². The molecule has 1 aliphatic rings. The molecule has 0 bridgehead atoms. The Hall–Kier alpha value is -1.72. The second kappa shape index (κ2) is 5.29. The molecule has 18 heavy (non-hydrogen) atoms. The third-order valence-electron chi connectivity index (χ3n) is 2.83. The lowest BCUT2D eigenvalue weighted by atomic mass is 10.1. The van der Waals surface area contributed by atoms with Crippen LogP contribution in [0, 0.1) is 0 Å². The van der Waals surface area contributed by atoms with E-state index in [1.54, 1.807) is 31.2 Å². The molecule has 96 valence electrons. The van der Waals surface area contributed by atoms with Crippen LogP contribution < -0.4 is 0 Å². The van der Waals surface area contributed by atoms with Gasteiger partial charge in [-0.15, -0.1) is 0 Å². The first kappa shape index (κ1) is 12.7. The van der Waals surface area contributed by atoms with Gasteiger partial charge in [-0.1, -0.05) is 12.1 Å². The molecule has 0 fully saturated rings. The Morgan fingerprint density at radius 2 is 1.72 bits per heavy atom. The zero-order valence-corrected chi connectivity index (χ0v) is 10.4. The molecular formula is C13H15NO4. The topological polar surface area (TPSA) is 55.8 Å². The van der Waals surface area contributed by atoms with Gasteiger partial charge in [-0.3, -0.25) is 14.5 Å². The number of fused-ring (bicyclic) bond motifs is 1. The van der Waals surface area contributed by atoms with Crippen LogP contribution in [0.25, 0.3) is 0 Å². The average molecular weight is 249 g/mol. The van der Waals surface area contributed by atoms with Crippen molar-refractivity contribution in [1.82, 2.24) is 4.90 Å². The minimum absolute atomic E-state index is 0.146. The van der Waals surface area contributed by atoms with Crippen LogP contribution in [0.1, 0.15) is 27.6 Å². The summed E-state index contributed by atoms with van der Waals surface area (Å²) in [6.45, 7) is 2.18. The molecule has 0 aliphatic carbocycles. The molecule has 1 aromatic carbocycles. The predicted octanol–water partition coefficient (Wildman–Crippen LogP) is 1.29. The van der Waals surface area contributed by atoms with E-state index in [4.69, 9.17) is 9.47 Å². The highest BCUT2D eigenvalue weighted by molar-refractivity contribution is 6.21. The van der Waals surface area contributed by atoms with Crippen LogP contribution in [0.4, 0.5) is 0 Å². The van der Waals surface area contributed by atoms with Gasteiger partial charge in [0.25, 0.3) is 11.8 Å². The third kappa shape index (κ3) is 2.14. The maximum Gasteiger partial charge on any atom is 0.261 e. The fourth-order valence-corrected chi connectivity index (χ4v) is 1.98. The molecule has 0 N–H and O–H groups in total. The van der Waals surface area contributed by atoms with E-state index in [1.807, 2.05) is 0 Å². The van der Waals surface area contributed by atoms with Crippen molar-refractivity contribution in [3.05, 3.63) is 35.4 Å². The van der Waals surface area contributed by atoms with Crippen LogP contribution in [0.3, 0.4) is 0 Å². The largest absolute Gasteiger partial charge is 0.359 e. The van der Waals surface area contributed by atoms with E-state index in [1.165, 1.54) is 12.0 Å². The molecule has 1 aliphatic heterocycles. The first-order chi connectivity index (χ1) is 8.66. The van der Waals surface area contributed by atoms with Gasteiger partial charge >= 0.3 is 0 Å². The predicted molar refractivity (Wildman–Crippen MR) is 64.2 cm³/mol. The second-order valence-electron chi connectivity index (χ2n) is 4.15. The minimum Gasteiger partial charge on any atom is -0.359 e. The monoisotopic (exact) mass is 249 g/mol. The molecule has 0 saturated heterocycles. The minimum atomic E-state index is -0.312. The first-order valence-electron chi connectivity index (χ1n) is 5.70. The van der Waals surface area contributed by atoms with Crippen LogP contribution in [-0.4, -0.2) is 43.3 Å². The van der Waals surface area contributed by atoms with E-state index in [0.29, 0.717) is 11.1 Å². The summed E-state index contributed by atoms with van der Waals surface area (Å²) < 4.78 is 9.94. The lowest BCUT2D eigenvalue weighted by molar-refractivity contribution is -0.0441. The van der Waals surface area contributed by atoms with Crippen molar-refractivity contribution in [2.75, 3.05) is 20.5 Å². The molecule has 2 rings (SSSR count). The number of nitrogens with zero attached hydrogens (tertiary/aromatic N) is 1. The van der Waals surface area contributed by atoms with Gasteiger partial charge in [0, 0.05) is 7.11 Å². The van der Waals surface area contributed by atoms with Gasteiger partial charge in [-0.2, -0.15) is 0 Å². The van der Waals surface area contributed by atoms with Crippen LogP contribution in [-0.2, 0) is 9.47 Å². The fraction of sp³-hybridized carbons (Fsp3) is 0.385. The van der Waals surface area contributed by atoms with Crippen molar-refractivity contribution in [2.45, 2.75) is 13.0 Å². The van der Waals surface area contributed by atoms with Crippen LogP contribution in [0.15, 0.2) is 24.3 Å². The van der Waals surface area contributed by atoms with Crippen molar-refractivity contribution in [2.24, 2.45) is 0 Å². The molecule has 2 amide bonds. The highest BCUT2D eigenvalue weighted by atomic mass is 16.7. The Morgan fingerprint density at radius 3 is 2.22 bits per heavy atom. The number of methoxy groups -OCH3 is 1. The van der Waals surface area contributed by atoms with Crippen molar-refractivity contribution < 1.29 is 19.1 Å².